The lowest BCUT2D eigenvalue weighted by molar-refractivity contribution is 0.733. The predicted octanol–water partition coefficient (Wildman–Crippen LogP) is 3.36. The van der Waals surface area contributed by atoms with E-state index in [9.17, 15) is 0 Å². The van der Waals surface area contributed by atoms with Gasteiger partial charge in [0.1, 0.15) is 6.07 Å². The van der Waals surface area contributed by atoms with Crippen LogP contribution in [0.3, 0.4) is 0 Å². The minimum absolute atomic E-state index is 0.503. The third-order valence-corrected chi connectivity index (χ3v) is 4.05. The second-order valence-corrected chi connectivity index (χ2v) is 5.34. The molecule has 2 aromatic rings. The van der Waals surface area contributed by atoms with Crippen molar-refractivity contribution in [3.8, 4) is 6.07 Å². The quantitative estimate of drug-likeness (QED) is 0.817. The van der Waals surface area contributed by atoms with E-state index in [1.165, 1.54) is 11.1 Å². The van der Waals surface area contributed by atoms with Gasteiger partial charge in [-0.15, -0.1) is 0 Å². The highest BCUT2D eigenvalue weighted by Crippen LogP contribution is 2.29. The van der Waals surface area contributed by atoms with Gasteiger partial charge in [-0.3, -0.25) is 0 Å². The first-order chi connectivity index (χ1) is 9.69. The van der Waals surface area contributed by atoms with Crippen LogP contribution >= 0.6 is 11.6 Å². The molecule has 100 valence electrons. The lowest BCUT2D eigenvalue weighted by atomic mass is 9.97. The van der Waals surface area contributed by atoms with Crippen molar-refractivity contribution in [2.24, 2.45) is 0 Å². The Kier molecular flexibility index (Phi) is 3.25. The van der Waals surface area contributed by atoms with Crippen molar-refractivity contribution in [1.29, 1.82) is 5.26 Å². The van der Waals surface area contributed by atoms with Crippen molar-refractivity contribution in [3.63, 3.8) is 0 Å². The monoisotopic (exact) mass is 283 g/mol. The molecule has 2 N–H and O–H groups in total. The van der Waals surface area contributed by atoms with Crippen LogP contribution in [0.2, 0.25) is 5.02 Å². The van der Waals surface area contributed by atoms with Gasteiger partial charge in [0.15, 0.2) is 0 Å². The molecule has 0 saturated heterocycles. The predicted molar refractivity (Wildman–Crippen MR) is 81.8 cm³/mol. The zero-order chi connectivity index (χ0) is 14.1. The number of nitrogens with zero attached hydrogens (tertiary/aromatic N) is 2. The minimum atomic E-state index is 0.503. The molecule has 0 spiro atoms. The van der Waals surface area contributed by atoms with Crippen LogP contribution < -0.4 is 10.6 Å². The van der Waals surface area contributed by atoms with E-state index in [2.05, 4.69) is 17.0 Å². The number of rotatable bonds is 1. The molecule has 20 heavy (non-hydrogen) atoms. The van der Waals surface area contributed by atoms with Gasteiger partial charge < -0.3 is 10.6 Å². The molecule has 0 radical (unpaired) electrons. The van der Waals surface area contributed by atoms with Gasteiger partial charge in [0.25, 0.3) is 0 Å². The Hall–Kier alpha value is -2.18. The molecule has 0 atom stereocenters. The van der Waals surface area contributed by atoms with E-state index in [-0.39, 0.29) is 0 Å². The van der Waals surface area contributed by atoms with Crippen molar-refractivity contribution in [1.82, 2.24) is 0 Å². The van der Waals surface area contributed by atoms with E-state index < -0.39 is 0 Å². The Morgan fingerprint density at radius 2 is 2.10 bits per heavy atom. The van der Waals surface area contributed by atoms with Gasteiger partial charge in [0.2, 0.25) is 0 Å². The fraction of sp³-hybridized carbons (Fsp3) is 0.188. The normalized spacial score (nSPS) is 13.7. The maximum absolute atomic E-state index is 8.92. The Balaban J connectivity index is 1.91. The highest BCUT2D eigenvalue weighted by Gasteiger charge is 2.18. The third-order valence-electron chi connectivity index (χ3n) is 3.74. The summed E-state index contributed by atoms with van der Waals surface area (Å²) >= 11 is 6.11. The van der Waals surface area contributed by atoms with Crippen LogP contribution in [-0.2, 0) is 13.0 Å². The Morgan fingerprint density at radius 3 is 2.85 bits per heavy atom. The van der Waals surface area contributed by atoms with E-state index in [0.29, 0.717) is 10.6 Å². The summed E-state index contributed by atoms with van der Waals surface area (Å²) in [6.07, 6.45) is 0.930. The summed E-state index contributed by atoms with van der Waals surface area (Å²) in [5, 5.41) is 9.42. The van der Waals surface area contributed by atoms with E-state index >= 15 is 0 Å². The van der Waals surface area contributed by atoms with E-state index in [1.807, 2.05) is 24.3 Å². The number of halogens is 1. The molecular weight excluding hydrogens is 270 g/mol. The Bertz CT molecular complexity index is 703. The molecule has 1 heterocycles. The Morgan fingerprint density at radius 1 is 1.25 bits per heavy atom. The van der Waals surface area contributed by atoms with Crippen molar-refractivity contribution in [2.75, 3.05) is 17.2 Å². The van der Waals surface area contributed by atoms with Crippen LogP contribution in [0.25, 0.3) is 0 Å². The Labute approximate surface area is 123 Å². The summed E-state index contributed by atoms with van der Waals surface area (Å²) in [4.78, 5) is 2.26. The maximum Gasteiger partial charge on any atom is 0.101 e. The standard InChI is InChI=1S/C16H14ClN3/c17-15-8-13(5-4-11(15)9-18)20-7-6-14-12(10-20)2-1-3-16(14)19/h1-5,8H,6-7,10,19H2. The van der Waals surface area contributed by atoms with Gasteiger partial charge in [-0.1, -0.05) is 23.7 Å². The smallest absolute Gasteiger partial charge is 0.101 e. The summed E-state index contributed by atoms with van der Waals surface area (Å²) in [5.74, 6) is 0. The largest absolute Gasteiger partial charge is 0.398 e. The molecule has 3 rings (SSSR count). The zero-order valence-corrected chi connectivity index (χ0v) is 11.7. The third kappa shape index (κ3) is 2.19. The van der Waals surface area contributed by atoms with Gasteiger partial charge in [0, 0.05) is 24.5 Å². The van der Waals surface area contributed by atoms with Gasteiger partial charge >= 0.3 is 0 Å². The average molecular weight is 284 g/mol. The van der Waals surface area contributed by atoms with Crippen LogP contribution in [0.4, 0.5) is 11.4 Å². The first-order valence-corrected chi connectivity index (χ1v) is 6.87. The number of nitrogen functional groups attached to an aromatic ring is 1. The molecule has 0 bridgehead atoms. The van der Waals surface area contributed by atoms with Gasteiger partial charge in [0.05, 0.1) is 10.6 Å². The van der Waals surface area contributed by atoms with Crippen molar-refractivity contribution < 1.29 is 0 Å². The number of fused-ring (bicyclic) bond motifs is 1. The van der Waals surface area contributed by atoms with Crippen LogP contribution in [0, 0.1) is 11.3 Å². The molecule has 0 amide bonds. The molecule has 0 saturated carbocycles. The second-order valence-electron chi connectivity index (χ2n) is 4.93. The summed E-state index contributed by atoms with van der Waals surface area (Å²) < 4.78 is 0. The number of hydrogen-bond donors (Lipinski definition) is 1. The number of hydrogen-bond acceptors (Lipinski definition) is 3. The van der Waals surface area contributed by atoms with Gasteiger partial charge in [-0.05, 0) is 41.8 Å². The molecular formula is C16H14ClN3. The molecule has 2 aromatic carbocycles. The average Bonchev–Trinajstić information content (AvgIpc) is 2.47. The van der Waals surface area contributed by atoms with Crippen LogP contribution in [0.15, 0.2) is 36.4 Å². The number of anilines is 2. The van der Waals surface area contributed by atoms with Crippen molar-refractivity contribution in [3.05, 3.63) is 58.1 Å². The van der Waals surface area contributed by atoms with Crippen molar-refractivity contribution in [2.45, 2.75) is 13.0 Å². The fourth-order valence-electron chi connectivity index (χ4n) is 2.65. The number of benzene rings is 2. The van der Waals surface area contributed by atoms with E-state index in [0.717, 1.165) is 30.9 Å². The van der Waals surface area contributed by atoms with Crippen LogP contribution in [-0.4, -0.2) is 6.54 Å². The van der Waals surface area contributed by atoms with Crippen LogP contribution in [0.5, 0.6) is 0 Å². The molecule has 0 unspecified atom stereocenters. The van der Waals surface area contributed by atoms with E-state index in [1.54, 1.807) is 6.07 Å². The summed E-state index contributed by atoms with van der Waals surface area (Å²) in [5.41, 5.74) is 11.0. The summed E-state index contributed by atoms with van der Waals surface area (Å²) in [7, 11) is 0. The fourth-order valence-corrected chi connectivity index (χ4v) is 2.87. The molecule has 1 aliphatic heterocycles. The maximum atomic E-state index is 8.92. The highest BCUT2D eigenvalue weighted by atomic mass is 35.5. The molecule has 1 aliphatic rings. The summed E-state index contributed by atoms with van der Waals surface area (Å²) in [6.45, 7) is 1.73. The van der Waals surface area contributed by atoms with E-state index in [4.69, 9.17) is 22.6 Å². The minimum Gasteiger partial charge on any atom is -0.398 e. The lowest BCUT2D eigenvalue weighted by Crippen LogP contribution is -2.30. The lowest BCUT2D eigenvalue weighted by Gasteiger charge is -2.31. The molecule has 4 heteroatoms. The van der Waals surface area contributed by atoms with Gasteiger partial charge in [-0.2, -0.15) is 5.26 Å². The first kappa shape index (κ1) is 12.8. The number of nitrogens with two attached hydrogens (primary N) is 1. The summed E-state index contributed by atoms with van der Waals surface area (Å²) in [6, 6.07) is 13.7. The van der Waals surface area contributed by atoms with Crippen molar-refractivity contribution >= 4 is 23.0 Å². The SMILES string of the molecule is N#Cc1ccc(N2CCc3c(N)cccc3C2)cc1Cl. The van der Waals surface area contributed by atoms with Gasteiger partial charge in [-0.25, -0.2) is 0 Å². The molecule has 0 fully saturated rings. The first-order valence-electron chi connectivity index (χ1n) is 6.50. The number of nitriles is 1. The molecule has 3 nitrogen and oxygen atoms in total. The second kappa shape index (κ2) is 5.07. The molecule has 0 aliphatic carbocycles. The van der Waals surface area contributed by atoms with Crippen LogP contribution in [0.1, 0.15) is 16.7 Å². The molecule has 0 aromatic heterocycles. The topological polar surface area (TPSA) is 53.0 Å². The zero-order valence-electron chi connectivity index (χ0n) is 10.9. The highest BCUT2D eigenvalue weighted by molar-refractivity contribution is 6.32.